The van der Waals surface area contributed by atoms with Gasteiger partial charge >= 0.3 is 0 Å². The minimum atomic E-state index is 0.756. The zero-order chi connectivity index (χ0) is 13.9. The Labute approximate surface area is 118 Å². The van der Waals surface area contributed by atoms with Gasteiger partial charge in [-0.05, 0) is 23.3 Å². The smallest absolute Gasteiger partial charge is 0.0473 e. The number of anilines is 2. The Balaban J connectivity index is 2.13. The van der Waals surface area contributed by atoms with Crippen molar-refractivity contribution in [2.45, 2.75) is 0 Å². The first kappa shape index (κ1) is 12.3. The van der Waals surface area contributed by atoms with Crippen LogP contribution in [0.2, 0.25) is 0 Å². The molecule has 3 aromatic carbocycles. The van der Waals surface area contributed by atoms with Crippen LogP contribution in [0.4, 0.5) is 11.4 Å². The van der Waals surface area contributed by atoms with Gasteiger partial charge < -0.3 is 11.5 Å². The maximum absolute atomic E-state index is 6.35. The van der Waals surface area contributed by atoms with E-state index in [0.29, 0.717) is 0 Å². The predicted octanol–water partition coefficient (Wildman–Crippen LogP) is 4.19. The van der Waals surface area contributed by atoms with Crippen LogP contribution in [-0.4, -0.2) is 0 Å². The summed E-state index contributed by atoms with van der Waals surface area (Å²) in [4.78, 5) is 0. The molecule has 0 unspecified atom stereocenters. The number of nitrogen functional groups attached to an aromatic ring is 2. The lowest BCUT2D eigenvalue weighted by Gasteiger charge is -2.11. The molecule has 0 saturated carbocycles. The van der Waals surface area contributed by atoms with Crippen LogP contribution < -0.4 is 11.5 Å². The highest BCUT2D eigenvalue weighted by Crippen LogP contribution is 2.34. The van der Waals surface area contributed by atoms with Crippen molar-refractivity contribution in [1.29, 1.82) is 0 Å². The molecular formula is C18H16N2. The summed E-state index contributed by atoms with van der Waals surface area (Å²) in [6, 6.07) is 24.1. The largest absolute Gasteiger partial charge is 0.399 e. The molecule has 2 heteroatoms. The van der Waals surface area contributed by atoms with E-state index in [2.05, 4.69) is 12.1 Å². The average Bonchev–Trinajstić information content (AvgIpc) is 2.49. The van der Waals surface area contributed by atoms with Gasteiger partial charge in [0, 0.05) is 22.5 Å². The van der Waals surface area contributed by atoms with Gasteiger partial charge in [-0.2, -0.15) is 0 Å². The summed E-state index contributed by atoms with van der Waals surface area (Å²) < 4.78 is 0. The van der Waals surface area contributed by atoms with E-state index in [-0.39, 0.29) is 0 Å². The quantitative estimate of drug-likeness (QED) is 0.679. The highest BCUT2D eigenvalue weighted by Gasteiger charge is 2.08. The molecule has 0 atom stereocenters. The number of nitrogens with two attached hydrogens (primary N) is 2. The van der Waals surface area contributed by atoms with E-state index in [4.69, 9.17) is 11.5 Å². The van der Waals surface area contributed by atoms with Crippen LogP contribution in [0.1, 0.15) is 0 Å². The lowest BCUT2D eigenvalue weighted by Crippen LogP contribution is -1.94. The van der Waals surface area contributed by atoms with Crippen LogP contribution in [0.3, 0.4) is 0 Å². The maximum Gasteiger partial charge on any atom is 0.0473 e. The molecule has 4 N–H and O–H groups in total. The van der Waals surface area contributed by atoms with Crippen molar-refractivity contribution >= 4 is 11.4 Å². The summed E-state index contributed by atoms with van der Waals surface area (Å²) in [6.45, 7) is 0. The molecule has 98 valence electrons. The summed E-state index contributed by atoms with van der Waals surface area (Å²) in [5.74, 6) is 0. The lowest BCUT2D eigenvalue weighted by molar-refractivity contribution is 1.58. The van der Waals surface area contributed by atoms with Crippen molar-refractivity contribution in [2.24, 2.45) is 0 Å². The van der Waals surface area contributed by atoms with Gasteiger partial charge in [0.15, 0.2) is 0 Å². The topological polar surface area (TPSA) is 52.0 Å². The van der Waals surface area contributed by atoms with Crippen molar-refractivity contribution in [3.05, 3.63) is 72.8 Å². The molecule has 0 saturated heterocycles. The molecule has 0 aliphatic carbocycles. The second kappa shape index (κ2) is 5.10. The monoisotopic (exact) mass is 260 g/mol. The third-order valence-corrected chi connectivity index (χ3v) is 3.41. The Hall–Kier alpha value is -2.74. The summed E-state index contributed by atoms with van der Waals surface area (Å²) >= 11 is 0. The van der Waals surface area contributed by atoms with Crippen LogP contribution in [0.5, 0.6) is 0 Å². The van der Waals surface area contributed by atoms with E-state index < -0.39 is 0 Å². The standard InChI is InChI=1S/C18H16N2/c19-15-11-9-14(10-12-15)17-8-4-7-16(18(17)20)13-5-2-1-3-6-13/h1-12H,19-20H2. The number of para-hydroxylation sites is 1. The molecule has 0 amide bonds. The van der Waals surface area contributed by atoms with Crippen molar-refractivity contribution in [3.63, 3.8) is 0 Å². The molecule has 0 aromatic heterocycles. The van der Waals surface area contributed by atoms with Crippen molar-refractivity contribution in [3.8, 4) is 22.3 Å². The van der Waals surface area contributed by atoms with Crippen molar-refractivity contribution in [2.75, 3.05) is 11.5 Å². The van der Waals surface area contributed by atoms with Gasteiger partial charge in [0.2, 0.25) is 0 Å². The molecule has 3 aromatic rings. The van der Waals surface area contributed by atoms with Crippen molar-refractivity contribution in [1.82, 2.24) is 0 Å². The molecule has 3 rings (SSSR count). The molecule has 20 heavy (non-hydrogen) atoms. The van der Waals surface area contributed by atoms with Gasteiger partial charge in [-0.15, -0.1) is 0 Å². The second-order valence-corrected chi connectivity index (χ2v) is 4.75. The fraction of sp³-hybridized carbons (Fsp3) is 0. The molecular weight excluding hydrogens is 244 g/mol. The SMILES string of the molecule is Nc1ccc(-c2cccc(-c3ccccc3)c2N)cc1. The molecule has 0 spiro atoms. The predicted molar refractivity (Wildman–Crippen MR) is 86.1 cm³/mol. The van der Waals surface area contributed by atoms with Crippen LogP contribution in [-0.2, 0) is 0 Å². The number of hydrogen-bond acceptors (Lipinski definition) is 2. The molecule has 0 fully saturated rings. The first-order chi connectivity index (χ1) is 9.75. The lowest BCUT2D eigenvalue weighted by atomic mass is 9.96. The zero-order valence-electron chi connectivity index (χ0n) is 11.1. The minimum Gasteiger partial charge on any atom is -0.399 e. The van der Waals surface area contributed by atoms with E-state index in [1.54, 1.807) is 0 Å². The van der Waals surface area contributed by atoms with Gasteiger partial charge in [0.1, 0.15) is 0 Å². The Morgan fingerprint density at radius 3 is 1.65 bits per heavy atom. The maximum atomic E-state index is 6.35. The van der Waals surface area contributed by atoms with Gasteiger partial charge in [-0.1, -0.05) is 60.7 Å². The van der Waals surface area contributed by atoms with Gasteiger partial charge in [-0.3, -0.25) is 0 Å². The summed E-state index contributed by atoms with van der Waals surface area (Å²) in [6.07, 6.45) is 0. The number of rotatable bonds is 2. The fourth-order valence-electron chi connectivity index (χ4n) is 2.35. The number of benzene rings is 3. The van der Waals surface area contributed by atoms with E-state index in [0.717, 1.165) is 33.6 Å². The molecule has 0 radical (unpaired) electrons. The Bertz CT molecular complexity index is 716. The number of hydrogen-bond donors (Lipinski definition) is 2. The summed E-state index contributed by atoms with van der Waals surface area (Å²) in [7, 11) is 0. The van der Waals surface area contributed by atoms with E-state index in [9.17, 15) is 0 Å². The molecule has 0 aliphatic rings. The normalized spacial score (nSPS) is 10.4. The van der Waals surface area contributed by atoms with Gasteiger partial charge in [0.25, 0.3) is 0 Å². The Morgan fingerprint density at radius 1 is 0.500 bits per heavy atom. The molecule has 0 aliphatic heterocycles. The van der Waals surface area contributed by atoms with Gasteiger partial charge in [-0.25, -0.2) is 0 Å². The zero-order valence-corrected chi connectivity index (χ0v) is 11.1. The Kier molecular flexibility index (Phi) is 3.13. The highest BCUT2D eigenvalue weighted by molar-refractivity contribution is 5.89. The highest BCUT2D eigenvalue weighted by atomic mass is 14.6. The first-order valence-electron chi connectivity index (χ1n) is 6.55. The van der Waals surface area contributed by atoms with Crippen LogP contribution >= 0.6 is 0 Å². The minimum absolute atomic E-state index is 0.756. The molecule has 0 bridgehead atoms. The van der Waals surface area contributed by atoms with Crippen molar-refractivity contribution < 1.29 is 0 Å². The van der Waals surface area contributed by atoms with Crippen LogP contribution in [0.15, 0.2) is 72.8 Å². The van der Waals surface area contributed by atoms with E-state index in [1.165, 1.54) is 0 Å². The first-order valence-corrected chi connectivity index (χ1v) is 6.55. The summed E-state index contributed by atoms with van der Waals surface area (Å²) in [5.41, 5.74) is 17.9. The fourth-order valence-corrected chi connectivity index (χ4v) is 2.35. The third-order valence-electron chi connectivity index (χ3n) is 3.41. The average molecular weight is 260 g/mol. The van der Waals surface area contributed by atoms with E-state index >= 15 is 0 Å². The van der Waals surface area contributed by atoms with Crippen LogP contribution in [0, 0.1) is 0 Å². The second-order valence-electron chi connectivity index (χ2n) is 4.75. The third kappa shape index (κ3) is 2.24. The molecule has 0 heterocycles. The van der Waals surface area contributed by atoms with Crippen LogP contribution in [0.25, 0.3) is 22.3 Å². The summed E-state index contributed by atoms with van der Waals surface area (Å²) in [5, 5.41) is 0. The Morgan fingerprint density at radius 2 is 1.05 bits per heavy atom. The van der Waals surface area contributed by atoms with Gasteiger partial charge in [0.05, 0.1) is 0 Å². The van der Waals surface area contributed by atoms with E-state index in [1.807, 2.05) is 60.7 Å². The molecule has 2 nitrogen and oxygen atoms in total.